The summed E-state index contributed by atoms with van der Waals surface area (Å²) in [6, 6.07) is 10.3. The van der Waals surface area contributed by atoms with Crippen LogP contribution in [0.4, 0.5) is 0 Å². The van der Waals surface area contributed by atoms with Gasteiger partial charge in [-0.15, -0.1) is 12.4 Å². The third kappa shape index (κ3) is 4.11. The lowest BCUT2D eigenvalue weighted by Crippen LogP contribution is -2.64. The Hall–Kier alpha value is -1.10. The first kappa shape index (κ1) is 19.2. The Balaban J connectivity index is 0.00000208. The first-order chi connectivity index (χ1) is 11.1. The van der Waals surface area contributed by atoms with Crippen molar-refractivity contribution in [3.63, 3.8) is 0 Å². The fraction of sp³-hybridized carbons (Fsp3) is 0.632. The van der Waals surface area contributed by atoms with Gasteiger partial charge in [-0.2, -0.15) is 0 Å². The second-order valence-corrected chi connectivity index (χ2v) is 7.24. The third-order valence-electron chi connectivity index (χ3n) is 5.50. The van der Waals surface area contributed by atoms with Gasteiger partial charge in [-0.05, 0) is 25.3 Å². The van der Waals surface area contributed by atoms with Crippen molar-refractivity contribution in [3.05, 3.63) is 35.9 Å². The molecule has 5 heteroatoms. The quantitative estimate of drug-likeness (QED) is 0.911. The molecule has 134 valence electrons. The van der Waals surface area contributed by atoms with E-state index < -0.39 is 6.04 Å². The Bertz CT molecular complexity index is 529. The second-order valence-electron chi connectivity index (χ2n) is 7.24. The summed E-state index contributed by atoms with van der Waals surface area (Å²) in [5.41, 5.74) is 7.35. The highest BCUT2D eigenvalue weighted by atomic mass is 35.5. The molecule has 1 aliphatic heterocycles. The number of nitrogens with two attached hydrogens (primary N) is 1. The van der Waals surface area contributed by atoms with Crippen molar-refractivity contribution in [2.24, 2.45) is 5.73 Å². The molecule has 3 rings (SSSR count). The van der Waals surface area contributed by atoms with Crippen molar-refractivity contribution >= 4 is 18.3 Å². The van der Waals surface area contributed by atoms with Gasteiger partial charge in [0.2, 0.25) is 5.91 Å². The predicted molar refractivity (Wildman–Crippen MR) is 100 cm³/mol. The summed E-state index contributed by atoms with van der Waals surface area (Å²) >= 11 is 0. The van der Waals surface area contributed by atoms with Crippen LogP contribution in [0.2, 0.25) is 0 Å². The molecule has 24 heavy (non-hydrogen) atoms. The minimum absolute atomic E-state index is 0. The molecule has 1 heterocycles. The smallest absolute Gasteiger partial charge is 0.239 e. The van der Waals surface area contributed by atoms with Gasteiger partial charge >= 0.3 is 0 Å². The van der Waals surface area contributed by atoms with Gasteiger partial charge in [0, 0.05) is 31.7 Å². The lowest BCUT2D eigenvalue weighted by Gasteiger charge is -2.53. The highest BCUT2D eigenvalue weighted by Crippen LogP contribution is 2.37. The minimum Gasteiger partial charge on any atom is -0.338 e. The fourth-order valence-corrected chi connectivity index (χ4v) is 4.22. The number of amides is 1. The molecule has 0 aromatic heterocycles. The van der Waals surface area contributed by atoms with Gasteiger partial charge in [-0.1, -0.05) is 49.6 Å². The summed E-state index contributed by atoms with van der Waals surface area (Å²) in [7, 11) is 0. The molecule has 1 saturated heterocycles. The van der Waals surface area contributed by atoms with E-state index >= 15 is 0 Å². The Morgan fingerprint density at radius 2 is 1.83 bits per heavy atom. The SMILES string of the molecule is CC(N)C(=O)N1CCN(Cc2ccccc2)C2(CCCCC2)C1.Cl. The molecule has 0 radical (unpaired) electrons. The highest BCUT2D eigenvalue weighted by Gasteiger charge is 2.43. The predicted octanol–water partition coefficient (Wildman–Crippen LogP) is 2.80. The molecule has 1 aliphatic carbocycles. The van der Waals surface area contributed by atoms with Crippen LogP contribution >= 0.6 is 12.4 Å². The van der Waals surface area contributed by atoms with Crippen molar-refractivity contribution in [2.75, 3.05) is 19.6 Å². The first-order valence-electron chi connectivity index (χ1n) is 8.94. The molecule has 1 aromatic rings. The Morgan fingerprint density at radius 3 is 2.46 bits per heavy atom. The highest BCUT2D eigenvalue weighted by molar-refractivity contribution is 5.85. The molecule has 0 bridgehead atoms. The third-order valence-corrected chi connectivity index (χ3v) is 5.50. The van der Waals surface area contributed by atoms with Crippen molar-refractivity contribution < 1.29 is 4.79 Å². The number of hydrogen-bond donors (Lipinski definition) is 1. The number of carbonyl (C=O) groups excluding carboxylic acids is 1. The molecule has 4 nitrogen and oxygen atoms in total. The molecule has 1 atom stereocenters. The van der Waals surface area contributed by atoms with E-state index in [4.69, 9.17) is 5.73 Å². The van der Waals surface area contributed by atoms with Gasteiger partial charge in [0.1, 0.15) is 0 Å². The molecule has 1 saturated carbocycles. The number of carbonyl (C=O) groups is 1. The van der Waals surface area contributed by atoms with Crippen LogP contribution < -0.4 is 5.73 Å². The zero-order valence-corrected chi connectivity index (χ0v) is 15.4. The Morgan fingerprint density at radius 1 is 1.17 bits per heavy atom. The summed E-state index contributed by atoms with van der Waals surface area (Å²) in [5.74, 6) is 0.106. The zero-order valence-electron chi connectivity index (χ0n) is 14.6. The maximum absolute atomic E-state index is 12.4. The van der Waals surface area contributed by atoms with E-state index in [9.17, 15) is 4.79 Å². The van der Waals surface area contributed by atoms with Gasteiger partial charge in [0.05, 0.1) is 6.04 Å². The molecule has 2 aliphatic rings. The van der Waals surface area contributed by atoms with Crippen molar-refractivity contribution in [2.45, 2.75) is 57.2 Å². The van der Waals surface area contributed by atoms with Crippen LogP contribution in [-0.4, -0.2) is 46.9 Å². The number of halogens is 1. The summed E-state index contributed by atoms with van der Waals surface area (Å²) in [4.78, 5) is 17.0. The molecule has 1 unspecified atom stereocenters. The summed E-state index contributed by atoms with van der Waals surface area (Å²) in [6.45, 7) is 5.38. The van der Waals surface area contributed by atoms with Gasteiger partial charge in [0.15, 0.2) is 0 Å². The zero-order chi connectivity index (χ0) is 16.3. The van der Waals surface area contributed by atoms with Crippen molar-refractivity contribution in [1.82, 2.24) is 9.80 Å². The lowest BCUT2D eigenvalue weighted by atomic mass is 9.78. The first-order valence-corrected chi connectivity index (χ1v) is 8.94. The molecule has 2 fully saturated rings. The van der Waals surface area contributed by atoms with Crippen LogP contribution in [0.5, 0.6) is 0 Å². The van der Waals surface area contributed by atoms with Crippen molar-refractivity contribution in [3.8, 4) is 0 Å². The van der Waals surface area contributed by atoms with Crippen LogP contribution in [0.3, 0.4) is 0 Å². The van der Waals surface area contributed by atoms with Crippen LogP contribution in [0.25, 0.3) is 0 Å². The van der Waals surface area contributed by atoms with E-state index in [1.165, 1.54) is 37.7 Å². The number of benzene rings is 1. The minimum atomic E-state index is -0.392. The molecule has 1 amide bonds. The van der Waals surface area contributed by atoms with E-state index in [0.717, 1.165) is 26.2 Å². The van der Waals surface area contributed by atoms with Crippen LogP contribution in [-0.2, 0) is 11.3 Å². The second kappa shape index (κ2) is 8.32. The summed E-state index contributed by atoms with van der Waals surface area (Å²) in [5, 5.41) is 0. The largest absolute Gasteiger partial charge is 0.338 e. The maximum atomic E-state index is 12.4. The van der Waals surface area contributed by atoms with E-state index in [-0.39, 0.29) is 23.9 Å². The van der Waals surface area contributed by atoms with Gasteiger partial charge < -0.3 is 10.6 Å². The lowest BCUT2D eigenvalue weighted by molar-refractivity contribution is -0.139. The van der Waals surface area contributed by atoms with E-state index in [0.29, 0.717) is 0 Å². The Labute approximate surface area is 151 Å². The summed E-state index contributed by atoms with van der Waals surface area (Å²) < 4.78 is 0. The average molecular weight is 352 g/mol. The van der Waals surface area contributed by atoms with E-state index in [1.54, 1.807) is 6.92 Å². The molecule has 1 spiro atoms. The van der Waals surface area contributed by atoms with E-state index in [2.05, 4.69) is 35.2 Å². The van der Waals surface area contributed by atoms with E-state index in [1.807, 2.05) is 4.90 Å². The van der Waals surface area contributed by atoms with Gasteiger partial charge in [-0.25, -0.2) is 0 Å². The number of rotatable bonds is 3. The topological polar surface area (TPSA) is 49.6 Å². The van der Waals surface area contributed by atoms with Crippen LogP contribution in [0.1, 0.15) is 44.6 Å². The monoisotopic (exact) mass is 351 g/mol. The molecule has 2 N–H and O–H groups in total. The normalized spacial score (nSPS) is 22.0. The average Bonchev–Trinajstić information content (AvgIpc) is 2.58. The standard InChI is InChI=1S/C19H29N3O.ClH/c1-16(20)18(23)21-12-13-22(14-17-8-4-2-5-9-17)19(15-21)10-6-3-7-11-19;/h2,4-5,8-9,16H,3,6-7,10-15,20H2,1H3;1H. The Kier molecular flexibility index (Phi) is 6.67. The molecule has 1 aromatic carbocycles. The van der Waals surface area contributed by atoms with Crippen LogP contribution in [0.15, 0.2) is 30.3 Å². The van der Waals surface area contributed by atoms with Crippen LogP contribution in [0, 0.1) is 0 Å². The fourth-order valence-electron chi connectivity index (χ4n) is 4.22. The number of piperazine rings is 1. The van der Waals surface area contributed by atoms with Crippen molar-refractivity contribution in [1.29, 1.82) is 0 Å². The number of nitrogens with zero attached hydrogens (tertiary/aromatic N) is 2. The van der Waals surface area contributed by atoms with Gasteiger partial charge in [0.25, 0.3) is 0 Å². The molecular weight excluding hydrogens is 322 g/mol. The summed E-state index contributed by atoms with van der Waals surface area (Å²) in [6.07, 6.45) is 6.25. The van der Waals surface area contributed by atoms with Gasteiger partial charge in [-0.3, -0.25) is 9.69 Å². The number of hydrogen-bond acceptors (Lipinski definition) is 3. The molecular formula is C19H30ClN3O. The maximum Gasteiger partial charge on any atom is 0.239 e.